The fourth-order valence-corrected chi connectivity index (χ4v) is 1.54. The number of hydrogen-bond donors (Lipinski definition) is 0. The van der Waals surface area contributed by atoms with Gasteiger partial charge in [0, 0.05) is 0 Å². The molecule has 0 unspecified atom stereocenters. The molecule has 27 heavy (non-hydrogen) atoms. The van der Waals surface area contributed by atoms with Gasteiger partial charge in [-0.3, -0.25) is 12.2 Å². The minimum absolute atomic E-state index is 0. The SMILES string of the molecule is CC1=[C-]CC=C1.Cl.Cl.[C-]1=CC=CC1.[SiH2]=[Zr].[c-]1ccccc1.[c-]1ccccc1. The van der Waals surface area contributed by atoms with Crippen LogP contribution in [0.25, 0.3) is 0 Å². The van der Waals surface area contributed by atoms with E-state index in [4.69, 9.17) is 0 Å². The third kappa shape index (κ3) is 25.1. The summed E-state index contributed by atoms with van der Waals surface area (Å²) in [5.74, 6) is 0. The first-order valence-electron chi connectivity index (χ1n) is 8.03. The Morgan fingerprint density at radius 1 is 0.778 bits per heavy atom. The molecule has 2 aromatic carbocycles. The summed E-state index contributed by atoms with van der Waals surface area (Å²) in [6.45, 7) is 4.01. The van der Waals surface area contributed by atoms with Crippen molar-refractivity contribution in [1.82, 2.24) is 0 Å². The molecule has 0 bridgehead atoms. The zero-order chi connectivity index (χ0) is 18.4. The smallest absolute Gasteiger partial charge is 0.171 e. The maximum absolute atomic E-state index is 3.12. The number of allylic oxidation sites excluding steroid dienone is 8. The van der Waals surface area contributed by atoms with E-state index < -0.39 is 0 Å². The molecule has 0 aromatic heterocycles. The largest absolute Gasteiger partial charge is 0.184 e. The van der Waals surface area contributed by atoms with Crippen molar-refractivity contribution in [3.8, 4) is 0 Å². The Labute approximate surface area is 194 Å². The van der Waals surface area contributed by atoms with Gasteiger partial charge >= 0.3 is 30.2 Å². The fourth-order valence-electron chi connectivity index (χ4n) is 1.54. The van der Waals surface area contributed by atoms with Crippen molar-refractivity contribution in [1.29, 1.82) is 0 Å². The van der Waals surface area contributed by atoms with Crippen LogP contribution in [0.1, 0.15) is 19.8 Å². The molecular formula is C23H26Cl2SiZr-4. The van der Waals surface area contributed by atoms with E-state index in [0.29, 0.717) is 0 Å². The first-order valence-corrected chi connectivity index (χ1v) is 13.9. The van der Waals surface area contributed by atoms with E-state index in [1.807, 2.05) is 79.7 Å². The molecule has 4 rings (SSSR count). The van der Waals surface area contributed by atoms with E-state index in [1.165, 1.54) is 5.57 Å². The number of hydrogen-bond acceptors (Lipinski definition) is 0. The van der Waals surface area contributed by atoms with Crippen molar-refractivity contribution in [2.75, 3.05) is 0 Å². The maximum Gasteiger partial charge on any atom is -0.171 e. The Bertz CT molecular complexity index is 526. The van der Waals surface area contributed by atoms with Gasteiger partial charge in [-0.05, 0) is 0 Å². The normalized spacial score (nSPS) is 11.0. The predicted molar refractivity (Wildman–Crippen MR) is 121 cm³/mol. The predicted octanol–water partition coefficient (Wildman–Crippen LogP) is 5.90. The minimum Gasteiger partial charge on any atom is -0.184 e. The first kappa shape index (κ1) is 30.8. The van der Waals surface area contributed by atoms with Gasteiger partial charge in [0.05, 0.1) is 0 Å². The van der Waals surface area contributed by atoms with Gasteiger partial charge in [-0.2, -0.15) is 84.9 Å². The molecule has 0 spiro atoms. The van der Waals surface area contributed by atoms with E-state index in [-0.39, 0.29) is 24.8 Å². The van der Waals surface area contributed by atoms with Crippen LogP contribution >= 0.6 is 24.8 Å². The van der Waals surface area contributed by atoms with Gasteiger partial charge in [-0.15, -0.1) is 37.7 Å². The number of rotatable bonds is 0. The average molecular weight is 493 g/mol. The van der Waals surface area contributed by atoms with Crippen LogP contribution in [0.2, 0.25) is 0 Å². The van der Waals surface area contributed by atoms with Crippen molar-refractivity contribution in [3.63, 3.8) is 0 Å². The molecule has 2 aromatic rings. The molecule has 0 atom stereocenters. The van der Waals surface area contributed by atoms with Crippen LogP contribution < -0.4 is 0 Å². The van der Waals surface area contributed by atoms with E-state index in [1.54, 1.807) is 23.3 Å². The van der Waals surface area contributed by atoms with Gasteiger partial charge in [0.15, 0.2) is 0 Å². The average Bonchev–Trinajstić information content (AvgIpc) is 3.44. The molecule has 0 N–H and O–H groups in total. The Balaban J connectivity index is -0.000000270. The monoisotopic (exact) mass is 490 g/mol. The number of halogens is 2. The number of benzene rings is 2. The van der Waals surface area contributed by atoms with E-state index in [2.05, 4.69) is 49.4 Å². The summed E-state index contributed by atoms with van der Waals surface area (Å²) in [4.78, 5) is 0. The molecule has 4 heteroatoms. The van der Waals surface area contributed by atoms with Gasteiger partial charge in [0.1, 0.15) is 0 Å². The summed E-state index contributed by atoms with van der Waals surface area (Å²) in [7, 11) is 0. The second kappa shape index (κ2) is 27.3. The Morgan fingerprint density at radius 2 is 1.30 bits per heavy atom. The third-order valence-corrected chi connectivity index (χ3v) is 2.67. The molecule has 2 aliphatic rings. The van der Waals surface area contributed by atoms with Gasteiger partial charge in [0.2, 0.25) is 0 Å². The van der Waals surface area contributed by atoms with Crippen molar-refractivity contribution in [2.24, 2.45) is 0 Å². The fraction of sp³-hybridized carbons (Fsp3) is 0.130. The maximum atomic E-state index is 3.12. The van der Waals surface area contributed by atoms with Crippen LogP contribution in [0.3, 0.4) is 0 Å². The summed E-state index contributed by atoms with van der Waals surface area (Å²) in [5.41, 5.74) is 1.27. The zero-order valence-corrected chi connectivity index (χ0v) is 21.1. The van der Waals surface area contributed by atoms with Crippen LogP contribution in [-0.4, -0.2) is 6.88 Å². The zero-order valence-electron chi connectivity index (χ0n) is 15.6. The van der Waals surface area contributed by atoms with Gasteiger partial charge in [-0.1, -0.05) is 6.92 Å². The summed E-state index contributed by atoms with van der Waals surface area (Å²) < 4.78 is 0. The molecule has 144 valence electrons. The van der Waals surface area contributed by atoms with E-state index in [0.717, 1.165) is 12.8 Å². The Morgan fingerprint density at radius 3 is 1.41 bits per heavy atom. The van der Waals surface area contributed by atoms with Gasteiger partial charge in [0.25, 0.3) is 0 Å². The molecule has 0 nitrogen and oxygen atoms in total. The summed E-state index contributed by atoms with van der Waals surface area (Å²) in [5, 5.41) is 0. The molecule has 0 saturated carbocycles. The molecule has 0 radical (unpaired) electrons. The second-order valence-electron chi connectivity index (χ2n) is 4.62. The Hall–Kier alpha value is -0.920. The Kier molecular flexibility index (Phi) is 31.1. The molecule has 0 aliphatic heterocycles. The topological polar surface area (TPSA) is 0 Å². The summed E-state index contributed by atoms with van der Waals surface area (Å²) in [6, 6.07) is 25.0. The molecule has 0 saturated heterocycles. The van der Waals surface area contributed by atoms with Crippen LogP contribution in [0.5, 0.6) is 0 Å². The van der Waals surface area contributed by atoms with Gasteiger partial charge in [-0.25, -0.2) is 23.8 Å². The summed E-state index contributed by atoms with van der Waals surface area (Å²) >= 11 is 1.58. The van der Waals surface area contributed by atoms with Crippen molar-refractivity contribution >= 4 is 31.7 Å². The minimum atomic E-state index is 0. The second-order valence-corrected chi connectivity index (χ2v) is 4.62. The van der Waals surface area contributed by atoms with Crippen LogP contribution in [-0.2, 0) is 23.3 Å². The van der Waals surface area contributed by atoms with Crippen molar-refractivity contribution < 1.29 is 23.3 Å². The third-order valence-electron chi connectivity index (χ3n) is 2.67. The summed E-state index contributed by atoms with van der Waals surface area (Å²) in [6.07, 6.45) is 18.3. The van der Waals surface area contributed by atoms with Gasteiger partial charge < -0.3 is 0 Å². The quantitative estimate of drug-likeness (QED) is 0.317. The molecule has 0 heterocycles. The van der Waals surface area contributed by atoms with Crippen LogP contribution in [0.4, 0.5) is 0 Å². The molecule has 2 aliphatic carbocycles. The van der Waals surface area contributed by atoms with Crippen LogP contribution in [0.15, 0.2) is 96.6 Å². The van der Waals surface area contributed by atoms with E-state index >= 15 is 0 Å². The van der Waals surface area contributed by atoms with Crippen molar-refractivity contribution in [3.05, 3.63) is 121 Å². The van der Waals surface area contributed by atoms with Crippen molar-refractivity contribution in [2.45, 2.75) is 19.8 Å². The standard InChI is InChI=1S/C6H7.2C6H5.C5H5.2ClH.H2Si.Zr/c1-6-4-2-3-5-6;2*1-2-4-6-5-3-1;1-2-4-5-3-1;;;;/h2,4H,3H2,1H3;2*1-5H;1-3H,4H2;2*1H;1H2;/q4*-1;;;;. The molecule has 0 fully saturated rings. The van der Waals surface area contributed by atoms with Crippen LogP contribution in [0, 0.1) is 24.3 Å². The molecular weight excluding hydrogens is 466 g/mol. The first-order chi connectivity index (χ1) is 12.4. The molecule has 0 amide bonds. The van der Waals surface area contributed by atoms with E-state index in [9.17, 15) is 0 Å².